The third-order valence-corrected chi connectivity index (χ3v) is 1.86. The Balaban J connectivity index is 3.51. The Bertz CT molecular complexity index is 359. The molecule has 0 aliphatic rings. The van der Waals surface area contributed by atoms with Gasteiger partial charge in [-0.15, -0.1) is 4.73 Å². The largest absolute Gasteiger partial charge is 0.423 e. The molecule has 0 aliphatic heterocycles. The van der Waals surface area contributed by atoms with Gasteiger partial charge in [0.1, 0.15) is 11.0 Å². The Morgan fingerprint density at radius 1 is 1.75 bits per heavy atom. The fraction of sp³-hybridized carbons (Fsp3) is 0.333. The standard InChI is InChI=1S/C6H9ClN4O/c1-2-3-4(7)10-6(9)11(12)5(3)8/h9,12H,2,8H2,1H3. The number of nitrogen functional groups attached to an aromatic ring is 1. The number of aromatic nitrogens is 2. The van der Waals surface area contributed by atoms with Gasteiger partial charge < -0.3 is 10.9 Å². The van der Waals surface area contributed by atoms with E-state index < -0.39 is 0 Å². The third kappa shape index (κ3) is 1.23. The molecule has 5 nitrogen and oxygen atoms in total. The Hall–Kier alpha value is -1.23. The summed E-state index contributed by atoms with van der Waals surface area (Å²) in [7, 11) is 0. The van der Waals surface area contributed by atoms with Crippen LogP contribution in [-0.4, -0.2) is 14.9 Å². The summed E-state index contributed by atoms with van der Waals surface area (Å²) in [6, 6.07) is 0. The van der Waals surface area contributed by atoms with Gasteiger partial charge >= 0.3 is 0 Å². The van der Waals surface area contributed by atoms with Crippen molar-refractivity contribution in [2.45, 2.75) is 13.3 Å². The van der Waals surface area contributed by atoms with Crippen molar-refractivity contribution in [3.05, 3.63) is 16.3 Å². The molecule has 1 rings (SSSR count). The highest BCUT2D eigenvalue weighted by Gasteiger charge is 2.08. The molecule has 0 radical (unpaired) electrons. The van der Waals surface area contributed by atoms with Gasteiger partial charge in [0.2, 0.25) is 0 Å². The normalized spacial score (nSPS) is 10.2. The van der Waals surface area contributed by atoms with Crippen molar-refractivity contribution in [3.63, 3.8) is 0 Å². The van der Waals surface area contributed by atoms with Crippen LogP contribution in [0.15, 0.2) is 0 Å². The zero-order chi connectivity index (χ0) is 9.30. The van der Waals surface area contributed by atoms with Gasteiger partial charge in [-0.1, -0.05) is 18.5 Å². The SMILES string of the molecule is CCc1c(Cl)nc(=N)n(O)c1N. The van der Waals surface area contributed by atoms with Gasteiger partial charge in [-0.25, -0.2) is 0 Å². The second kappa shape index (κ2) is 3.02. The Morgan fingerprint density at radius 3 is 2.83 bits per heavy atom. The number of hydrogen-bond donors (Lipinski definition) is 3. The molecule has 1 aromatic heterocycles. The summed E-state index contributed by atoms with van der Waals surface area (Å²) in [5.41, 5.74) is 5.65. The van der Waals surface area contributed by atoms with Crippen LogP contribution in [0, 0.1) is 5.41 Å². The number of nitrogens with one attached hydrogen (secondary N) is 1. The monoisotopic (exact) mass is 188 g/mol. The number of hydrogen-bond acceptors (Lipinski definition) is 4. The molecule has 12 heavy (non-hydrogen) atoms. The van der Waals surface area contributed by atoms with Gasteiger partial charge in [-0.3, -0.25) is 5.41 Å². The van der Waals surface area contributed by atoms with Crippen LogP contribution in [0.25, 0.3) is 0 Å². The number of rotatable bonds is 1. The highest BCUT2D eigenvalue weighted by atomic mass is 35.5. The lowest BCUT2D eigenvalue weighted by molar-refractivity contribution is 0.171. The maximum atomic E-state index is 9.13. The molecule has 0 aromatic carbocycles. The predicted molar refractivity (Wildman–Crippen MR) is 44.1 cm³/mol. The highest BCUT2D eigenvalue weighted by Crippen LogP contribution is 2.16. The van der Waals surface area contributed by atoms with Crippen LogP contribution < -0.4 is 11.4 Å². The third-order valence-electron chi connectivity index (χ3n) is 1.54. The van der Waals surface area contributed by atoms with E-state index in [-0.39, 0.29) is 16.6 Å². The second-order valence-corrected chi connectivity index (χ2v) is 2.61. The van der Waals surface area contributed by atoms with Crippen LogP contribution in [-0.2, 0) is 6.42 Å². The average Bonchev–Trinajstić information content (AvgIpc) is 2.01. The van der Waals surface area contributed by atoms with Gasteiger partial charge in [0.05, 0.1) is 0 Å². The van der Waals surface area contributed by atoms with Crippen LogP contribution in [0.4, 0.5) is 5.82 Å². The first-order valence-corrected chi connectivity index (χ1v) is 3.76. The van der Waals surface area contributed by atoms with Gasteiger partial charge in [0, 0.05) is 5.56 Å². The van der Waals surface area contributed by atoms with Gasteiger partial charge in [-0.05, 0) is 6.42 Å². The summed E-state index contributed by atoms with van der Waals surface area (Å²) in [5, 5.41) is 16.4. The summed E-state index contributed by atoms with van der Waals surface area (Å²) in [6.45, 7) is 1.84. The number of halogens is 1. The van der Waals surface area contributed by atoms with Crippen molar-refractivity contribution >= 4 is 17.4 Å². The van der Waals surface area contributed by atoms with Gasteiger partial charge in [-0.2, -0.15) is 4.98 Å². The molecule has 0 bridgehead atoms. The molecule has 0 spiro atoms. The zero-order valence-electron chi connectivity index (χ0n) is 6.50. The predicted octanol–water partition coefficient (Wildman–Crippen LogP) is 0.398. The summed E-state index contributed by atoms with van der Waals surface area (Å²) in [6.07, 6.45) is 0.568. The van der Waals surface area contributed by atoms with Crippen LogP contribution >= 0.6 is 11.6 Å². The van der Waals surface area contributed by atoms with Crippen molar-refractivity contribution in [2.75, 3.05) is 5.73 Å². The molecule has 0 aliphatic carbocycles. The highest BCUT2D eigenvalue weighted by molar-refractivity contribution is 6.30. The molecule has 0 fully saturated rings. The van der Waals surface area contributed by atoms with Gasteiger partial charge in [0.15, 0.2) is 0 Å². The number of nitrogens with two attached hydrogens (primary N) is 1. The molecule has 0 unspecified atom stereocenters. The Labute approximate surface area is 73.9 Å². The number of nitrogens with zero attached hydrogens (tertiary/aromatic N) is 2. The minimum atomic E-state index is -0.366. The van der Waals surface area contributed by atoms with E-state index in [0.29, 0.717) is 16.7 Å². The fourth-order valence-corrected chi connectivity index (χ4v) is 1.19. The summed E-state index contributed by atoms with van der Waals surface area (Å²) >= 11 is 5.67. The Morgan fingerprint density at radius 2 is 2.33 bits per heavy atom. The summed E-state index contributed by atoms with van der Waals surface area (Å²) in [5.74, 6) is 0.0718. The molecule has 1 heterocycles. The summed E-state index contributed by atoms with van der Waals surface area (Å²) in [4.78, 5) is 3.57. The molecule has 0 saturated carbocycles. The molecule has 0 amide bonds. The molecule has 1 aromatic rings. The molecule has 0 atom stereocenters. The minimum absolute atomic E-state index is 0.0718. The molecule has 0 saturated heterocycles. The van der Waals surface area contributed by atoms with Crippen molar-refractivity contribution in [1.29, 1.82) is 5.41 Å². The Kier molecular flexibility index (Phi) is 2.23. The van der Waals surface area contributed by atoms with E-state index in [1.165, 1.54) is 0 Å². The lowest BCUT2D eigenvalue weighted by Crippen LogP contribution is -2.25. The van der Waals surface area contributed by atoms with E-state index in [9.17, 15) is 0 Å². The molecule has 6 heteroatoms. The first-order valence-electron chi connectivity index (χ1n) is 3.38. The first kappa shape index (κ1) is 8.86. The number of anilines is 1. The minimum Gasteiger partial charge on any atom is -0.423 e. The smallest absolute Gasteiger partial charge is 0.259 e. The fourth-order valence-electron chi connectivity index (χ4n) is 0.882. The van der Waals surface area contributed by atoms with Crippen LogP contribution in [0.2, 0.25) is 5.15 Å². The molecule has 66 valence electrons. The van der Waals surface area contributed by atoms with Crippen LogP contribution in [0.3, 0.4) is 0 Å². The molecular weight excluding hydrogens is 180 g/mol. The molecular formula is C6H9ClN4O. The maximum absolute atomic E-state index is 9.13. The maximum Gasteiger partial charge on any atom is 0.259 e. The lowest BCUT2D eigenvalue weighted by Gasteiger charge is -2.07. The molecule has 4 N–H and O–H groups in total. The lowest BCUT2D eigenvalue weighted by atomic mass is 10.2. The zero-order valence-corrected chi connectivity index (χ0v) is 7.26. The second-order valence-electron chi connectivity index (χ2n) is 2.26. The van der Waals surface area contributed by atoms with E-state index in [0.717, 1.165) is 0 Å². The van der Waals surface area contributed by atoms with E-state index in [2.05, 4.69) is 4.98 Å². The first-order chi connectivity index (χ1) is 5.57. The van der Waals surface area contributed by atoms with Crippen molar-refractivity contribution < 1.29 is 5.21 Å². The average molecular weight is 189 g/mol. The van der Waals surface area contributed by atoms with Crippen LogP contribution in [0.5, 0.6) is 0 Å². The quantitative estimate of drug-likeness (QED) is 0.440. The summed E-state index contributed by atoms with van der Waals surface area (Å²) < 4.78 is 0.505. The van der Waals surface area contributed by atoms with Crippen LogP contribution in [0.1, 0.15) is 12.5 Å². The van der Waals surface area contributed by atoms with E-state index in [1.807, 2.05) is 6.92 Å². The van der Waals surface area contributed by atoms with Gasteiger partial charge in [0.25, 0.3) is 5.62 Å². The van der Waals surface area contributed by atoms with E-state index >= 15 is 0 Å². The van der Waals surface area contributed by atoms with Crippen molar-refractivity contribution in [2.24, 2.45) is 0 Å². The topological polar surface area (TPSA) is 87.9 Å². The van der Waals surface area contributed by atoms with E-state index in [4.69, 9.17) is 28.0 Å². The van der Waals surface area contributed by atoms with Crippen molar-refractivity contribution in [3.8, 4) is 0 Å². The van der Waals surface area contributed by atoms with E-state index in [1.54, 1.807) is 0 Å². The van der Waals surface area contributed by atoms with Crippen molar-refractivity contribution in [1.82, 2.24) is 9.71 Å².